The van der Waals surface area contributed by atoms with E-state index in [1.165, 1.54) is 11.3 Å². The molecule has 1 aliphatic heterocycles. The molecule has 1 fully saturated rings. The van der Waals surface area contributed by atoms with Crippen molar-refractivity contribution in [3.05, 3.63) is 11.1 Å². The summed E-state index contributed by atoms with van der Waals surface area (Å²) in [4.78, 5) is 18.6. The van der Waals surface area contributed by atoms with Gasteiger partial charge in [-0.05, 0) is 13.0 Å². The van der Waals surface area contributed by atoms with Crippen LogP contribution in [0.2, 0.25) is 0 Å². The van der Waals surface area contributed by atoms with Crippen LogP contribution in [0, 0.1) is 5.92 Å². The lowest BCUT2D eigenvalue weighted by Crippen LogP contribution is -2.38. The SMILES string of the molecule is Cl.Nc1ncc(CN2CCC(C(=O)NCC(F)(F)F)C2)s1. The van der Waals surface area contributed by atoms with Gasteiger partial charge in [0.25, 0.3) is 0 Å². The highest BCUT2D eigenvalue weighted by molar-refractivity contribution is 7.15. The average Bonchev–Trinajstić information content (AvgIpc) is 2.95. The Morgan fingerprint density at radius 1 is 1.57 bits per heavy atom. The maximum atomic E-state index is 12.0. The van der Waals surface area contributed by atoms with Crippen LogP contribution < -0.4 is 11.1 Å². The molecule has 120 valence electrons. The van der Waals surface area contributed by atoms with Crippen LogP contribution in [-0.2, 0) is 11.3 Å². The zero-order valence-corrected chi connectivity index (χ0v) is 12.7. The van der Waals surface area contributed by atoms with Crippen LogP contribution in [0.5, 0.6) is 0 Å². The number of nitrogen functional groups attached to an aromatic ring is 1. The molecule has 1 aromatic rings. The Balaban J connectivity index is 0.00000220. The van der Waals surface area contributed by atoms with E-state index in [4.69, 9.17) is 5.73 Å². The van der Waals surface area contributed by atoms with E-state index < -0.39 is 18.6 Å². The molecule has 21 heavy (non-hydrogen) atoms. The number of rotatable bonds is 4. The van der Waals surface area contributed by atoms with Crippen molar-refractivity contribution in [1.29, 1.82) is 0 Å². The normalized spacial score (nSPS) is 19.3. The summed E-state index contributed by atoms with van der Waals surface area (Å²) in [6.07, 6.45) is -2.12. The molecule has 0 bridgehead atoms. The molecular formula is C11H16ClF3N4OS. The maximum absolute atomic E-state index is 12.0. The molecule has 1 atom stereocenters. The number of amides is 1. The number of nitrogens with two attached hydrogens (primary N) is 1. The van der Waals surface area contributed by atoms with Gasteiger partial charge in [0.1, 0.15) is 6.54 Å². The molecule has 1 aromatic heterocycles. The van der Waals surface area contributed by atoms with Crippen molar-refractivity contribution in [3.8, 4) is 0 Å². The summed E-state index contributed by atoms with van der Waals surface area (Å²) < 4.78 is 36.1. The highest BCUT2D eigenvalue weighted by Gasteiger charge is 2.32. The minimum atomic E-state index is -4.37. The van der Waals surface area contributed by atoms with Crippen molar-refractivity contribution >= 4 is 34.8 Å². The van der Waals surface area contributed by atoms with Gasteiger partial charge >= 0.3 is 6.18 Å². The first-order valence-electron chi connectivity index (χ1n) is 6.10. The Kier molecular flexibility index (Phi) is 6.24. The van der Waals surface area contributed by atoms with Crippen LogP contribution in [0.3, 0.4) is 0 Å². The zero-order chi connectivity index (χ0) is 14.8. The number of carbonyl (C=O) groups excluding carboxylic acids is 1. The molecule has 0 aliphatic carbocycles. The van der Waals surface area contributed by atoms with Crippen LogP contribution >= 0.6 is 23.7 Å². The topological polar surface area (TPSA) is 71.2 Å². The van der Waals surface area contributed by atoms with E-state index in [1.54, 1.807) is 6.20 Å². The molecule has 1 amide bonds. The van der Waals surface area contributed by atoms with Gasteiger partial charge < -0.3 is 11.1 Å². The first kappa shape index (κ1) is 18.0. The summed E-state index contributed by atoms with van der Waals surface area (Å²) in [6.45, 7) is 0.495. The predicted molar refractivity (Wildman–Crippen MR) is 76.2 cm³/mol. The standard InChI is InChI=1S/C11H15F3N4OS.ClH/c12-11(13,14)6-17-9(19)7-1-2-18(4-7)5-8-3-16-10(15)20-8;/h3,7H,1-2,4-6H2,(H2,15,16)(H,17,19);1H. The number of alkyl halides is 3. The molecule has 10 heteroatoms. The van der Waals surface area contributed by atoms with E-state index in [1.807, 2.05) is 10.2 Å². The Morgan fingerprint density at radius 3 is 2.86 bits per heavy atom. The Hall–Kier alpha value is -1.06. The van der Waals surface area contributed by atoms with Crippen molar-refractivity contribution in [1.82, 2.24) is 15.2 Å². The summed E-state index contributed by atoms with van der Waals surface area (Å²) in [7, 11) is 0. The quantitative estimate of drug-likeness (QED) is 0.871. The van der Waals surface area contributed by atoms with E-state index in [2.05, 4.69) is 4.98 Å². The maximum Gasteiger partial charge on any atom is 0.405 e. The van der Waals surface area contributed by atoms with Crippen LogP contribution in [0.4, 0.5) is 18.3 Å². The summed E-state index contributed by atoms with van der Waals surface area (Å²) >= 11 is 1.37. The van der Waals surface area contributed by atoms with Gasteiger partial charge in [0.05, 0.1) is 5.92 Å². The summed E-state index contributed by atoms with van der Waals surface area (Å²) in [5.41, 5.74) is 5.53. The fraction of sp³-hybridized carbons (Fsp3) is 0.636. The Morgan fingerprint density at radius 2 is 2.29 bits per heavy atom. The number of aromatic nitrogens is 1. The number of hydrogen-bond donors (Lipinski definition) is 2. The van der Waals surface area contributed by atoms with Gasteiger partial charge in [0.2, 0.25) is 5.91 Å². The number of likely N-dealkylation sites (tertiary alicyclic amines) is 1. The van der Waals surface area contributed by atoms with Gasteiger partial charge in [-0.15, -0.1) is 23.7 Å². The monoisotopic (exact) mass is 344 g/mol. The smallest absolute Gasteiger partial charge is 0.375 e. The lowest BCUT2D eigenvalue weighted by Gasteiger charge is -2.15. The third-order valence-corrected chi connectivity index (χ3v) is 3.87. The molecule has 5 nitrogen and oxygen atoms in total. The molecule has 1 saturated heterocycles. The van der Waals surface area contributed by atoms with Gasteiger partial charge in [-0.1, -0.05) is 0 Å². The van der Waals surface area contributed by atoms with Gasteiger partial charge in [-0.3, -0.25) is 9.69 Å². The fourth-order valence-corrected chi connectivity index (χ4v) is 2.86. The molecule has 3 N–H and O–H groups in total. The molecule has 0 aromatic carbocycles. The number of nitrogens with zero attached hydrogens (tertiary/aromatic N) is 2. The van der Waals surface area contributed by atoms with Crippen molar-refractivity contribution in [3.63, 3.8) is 0 Å². The number of halogens is 4. The third kappa shape index (κ3) is 5.68. The number of nitrogens with one attached hydrogen (secondary N) is 1. The van der Waals surface area contributed by atoms with E-state index in [0.717, 1.165) is 4.88 Å². The first-order chi connectivity index (χ1) is 9.33. The summed E-state index contributed by atoms with van der Waals surface area (Å²) in [5, 5.41) is 2.42. The van der Waals surface area contributed by atoms with Crippen LogP contribution in [0.15, 0.2) is 6.20 Å². The second-order valence-electron chi connectivity index (χ2n) is 4.72. The van der Waals surface area contributed by atoms with Crippen molar-refractivity contribution in [2.75, 3.05) is 25.4 Å². The number of anilines is 1. The minimum Gasteiger partial charge on any atom is -0.375 e. The molecule has 0 saturated carbocycles. The van der Waals surface area contributed by atoms with Gasteiger partial charge in [-0.2, -0.15) is 13.2 Å². The van der Waals surface area contributed by atoms with Gasteiger partial charge in [0.15, 0.2) is 5.13 Å². The van der Waals surface area contributed by atoms with E-state index in [9.17, 15) is 18.0 Å². The van der Waals surface area contributed by atoms with Gasteiger partial charge in [0, 0.05) is 24.2 Å². The number of thiazole rings is 1. The highest BCUT2D eigenvalue weighted by atomic mass is 35.5. The van der Waals surface area contributed by atoms with Crippen molar-refractivity contribution in [2.45, 2.75) is 19.1 Å². The first-order valence-corrected chi connectivity index (χ1v) is 6.92. The lowest BCUT2D eigenvalue weighted by molar-refractivity contribution is -0.140. The summed E-state index contributed by atoms with van der Waals surface area (Å²) in [6, 6.07) is 0. The lowest BCUT2D eigenvalue weighted by atomic mass is 10.1. The van der Waals surface area contributed by atoms with Crippen LogP contribution in [-0.4, -0.2) is 41.6 Å². The zero-order valence-electron chi connectivity index (χ0n) is 11.0. The highest BCUT2D eigenvalue weighted by Crippen LogP contribution is 2.22. The minimum absolute atomic E-state index is 0. The Bertz CT molecular complexity index is 482. The second kappa shape index (κ2) is 7.28. The predicted octanol–water partition coefficient (Wildman–Crippen LogP) is 1.65. The average molecular weight is 345 g/mol. The molecule has 0 spiro atoms. The molecule has 1 aliphatic rings. The summed E-state index contributed by atoms with van der Waals surface area (Å²) in [5.74, 6) is -0.920. The Labute approximate surface area is 130 Å². The molecule has 1 unspecified atom stereocenters. The van der Waals surface area contributed by atoms with Crippen LogP contribution in [0.25, 0.3) is 0 Å². The molecular weight excluding hydrogens is 329 g/mol. The van der Waals surface area contributed by atoms with Gasteiger partial charge in [-0.25, -0.2) is 4.98 Å². The third-order valence-electron chi connectivity index (χ3n) is 3.06. The van der Waals surface area contributed by atoms with Crippen LogP contribution in [0.1, 0.15) is 11.3 Å². The van der Waals surface area contributed by atoms with Crippen molar-refractivity contribution < 1.29 is 18.0 Å². The fourth-order valence-electron chi connectivity index (χ4n) is 2.14. The van der Waals surface area contributed by atoms with E-state index >= 15 is 0 Å². The molecule has 0 radical (unpaired) electrons. The largest absolute Gasteiger partial charge is 0.405 e. The van der Waals surface area contributed by atoms with E-state index in [-0.39, 0.29) is 18.3 Å². The van der Waals surface area contributed by atoms with E-state index in [0.29, 0.717) is 31.2 Å². The van der Waals surface area contributed by atoms with Crippen molar-refractivity contribution in [2.24, 2.45) is 5.92 Å². The molecule has 2 heterocycles. The molecule has 2 rings (SSSR count). The number of hydrogen-bond acceptors (Lipinski definition) is 5. The second-order valence-corrected chi connectivity index (χ2v) is 5.87. The number of carbonyl (C=O) groups is 1.